The third kappa shape index (κ3) is 6.62. The number of hydrogen-bond donors (Lipinski definition) is 2. The van der Waals surface area contributed by atoms with E-state index in [1.807, 2.05) is 42.5 Å². The van der Waals surface area contributed by atoms with Crippen molar-refractivity contribution in [1.29, 1.82) is 5.41 Å². The Morgan fingerprint density at radius 3 is 2.65 bits per heavy atom. The number of cyclic esters (lactones) is 1. The first-order valence-electron chi connectivity index (χ1n) is 9.70. The topological polar surface area (TPSA) is 115 Å². The molecule has 31 heavy (non-hydrogen) atoms. The number of nitrogens with one attached hydrogen (secondary N) is 1. The van der Waals surface area contributed by atoms with Gasteiger partial charge in [0.25, 0.3) is 0 Å². The molecule has 3 N–H and O–H groups in total. The molecule has 2 aromatic rings. The predicted octanol–water partition coefficient (Wildman–Crippen LogP) is 2.90. The van der Waals surface area contributed by atoms with E-state index < -0.39 is 12.1 Å². The lowest BCUT2D eigenvalue weighted by molar-refractivity contribution is -0.144. The highest BCUT2D eigenvalue weighted by atomic mass is 35.5. The SMILES string of the molecule is CCOC(=O)CN1C(=O)OC[C@H]1Cc1ccc(OCc2cccc(C(=N)N)c2)cc1.Cl. The maximum Gasteiger partial charge on any atom is 0.410 e. The van der Waals surface area contributed by atoms with Crippen LogP contribution in [0.3, 0.4) is 0 Å². The lowest BCUT2D eigenvalue weighted by Gasteiger charge is -2.20. The van der Waals surface area contributed by atoms with E-state index in [-0.39, 0.29) is 44.0 Å². The van der Waals surface area contributed by atoms with E-state index >= 15 is 0 Å². The number of esters is 1. The van der Waals surface area contributed by atoms with Crippen LogP contribution in [0.5, 0.6) is 5.75 Å². The molecule has 0 aliphatic carbocycles. The second-order valence-electron chi connectivity index (χ2n) is 6.91. The van der Waals surface area contributed by atoms with Crippen molar-refractivity contribution < 1.29 is 23.8 Å². The van der Waals surface area contributed by atoms with E-state index in [1.165, 1.54) is 4.90 Å². The van der Waals surface area contributed by atoms with Crippen molar-refractivity contribution in [2.24, 2.45) is 5.73 Å². The van der Waals surface area contributed by atoms with E-state index in [0.29, 0.717) is 24.3 Å². The van der Waals surface area contributed by atoms with Crippen LogP contribution in [0.25, 0.3) is 0 Å². The molecule has 0 unspecified atom stereocenters. The fourth-order valence-corrected chi connectivity index (χ4v) is 3.19. The number of nitrogens with two attached hydrogens (primary N) is 1. The Hall–Kier alpha value is -3.26. The number of nitrogen functional groups attached to an aromatic ring is 1. The highest BCUT2D eigenvalue weighted by Crippen LogP contribution is 2.20. The molecule has 2 aromatic carbocycles. The lowest BCUT2D eigenvalue weighted by Crippen LogP contribution is -2.39. The number of rotatable bonds is 9. The van der Waals surface area contributed by atoms with Gasteiger partial charge in [-0.05, 0) is 42.7 Å². The number of benzene rings is 2. The third-order valence-corrected chi connectivity index (χ3v) is 4.72. The minimum atomic E-state index is -0.499. The summed E-state index contributed by atoms with van der Waals surface area (Å²) in [7, 11) is 0. The summed E-state index contributed by atoms with van der Waals surface area (Å²) in [6.45, 7) is 2.48. The minimum absolute atomic E-state index is 0. The third-order valence-electron chi connectivity index (χ3n) is 4.72. The molecule has 0 saturated carbocycles. The van der Waals surface area contributed by atoms with Crippen molar-refractivity contribution >= 4 is 30.3 Å². The van der Waals surface area contributed by atoms with Gasteiger partial charge in [0, 0.05) is 5.56 Å². The first-order chi connectivity index (χ1) is 14.5. The van der Waals surface area contributed by atoms with Crippen LogP contribution in [0.4, 0.5) is 4.79 Å². The molecule has 9 heteroatoms. The summed E-state index contributed by atoms with van der Waals surface area (Å²) < 4.78 is 15.8. The minimum Gasteiger partial charge on any atom is -0.489 e. The summed E-state index contributed by atoms with van der Waals surface area (Å²) in [5, 5.41) is 7.51. The fourth-order valence-electron chi connectivity index (χ4n) is 3.19. The fraction of sp³-hybridized carbons (Fsp3) is 0.318. The van der Waals surface area contributed by atoms with Crippen molar-refractivity contribution in [2.75, 3.05) is 19.8 Å². The van der Waals surface area contributed by atoms with Crippen molar-refractivity contribution in [3.63, 3.8) is 0 Å². The van der Waals surface area contributed by atoms with Gasteiger partial charge in [-0.2, -0.15) is 0 Å². The Bertz CT molecular complexity index is 920. The van der Waals surface area contributed by atoms with Gasteiger partial charge < -0.3 is 19.9 Å². The predicted molar refractivity (Wildman–Crippen MR) is 118 cm³/mol. The largest absolute Gasteiger partial charge is 0.489 e. The van der Waals surface area contributed by atoms with Crippen LogP contribution in [0.15, 0.2) is 48.5 Å². The maximum absolute atomic E-state index is 11.9. The molecule has 1 saturated heterocycles. The van der Waals surface area contributed by atoms with Crippen molar-refractivity contribution in [3.8, 4) is 5.75 Å². The van der Waals surface area contributed by atoms with Gasteiger partial charge in [0.2, 0.25) is 0 Å². The van der Waals surface area contributed by atoms with Crippen LogP contribution in [-0.2, 0) is 27.3 Å². The van der Waals surface area contributed by atoms with Gasteiger partial charge in [-0.15, -0.1) is 12.4 Å². The van der Waals surface area contributed by atoms with E-state index in [9.17, 15) is 9.59 Å². The van der Waals surface area contributed by atoms with E-state index in [2.05, 4.69) is 0 Å². The second kappa shape index (κ2) is 11.2. The molecule has 0 bridgehead atoms. The van der Waals surface area contributed by atoms with Crippen LogP contribution < -0.4 is 10.5 Å². The summed E-state index contributed by atoms with van der Waals surface area (Å²) in [5.41, 5.74) is 8.09. The number of halogens is 1. The summed E-state index contributed by atoms with van der Waals surface area (Å²) >= 11 is 0. The Kier molecular flexibility index (Phi) is 8.69. The highest BCUT2D eigenvalue weighted by Gasteiger charge is 2.34. The molecule has 166 valence electrons. The second-order valence-corrected chi connectivity index (χ2v) is 6.91. The molecule has 0 spiro atoms. The summed E-state index contributed by atoms with van der Waals surface area (Å²) in [4.78, 5) is 25.0. The molecule has 1 aliphatic rings. The number of ether oxygens (including phenoxy) is 3. The lowest BCUT2D eigenvalue weighted by atomic mass is 10.1. The number of amidine groups is 1. The van der Waals surface area contributed by atoms with Gasteiger partial charge in [0.1, 0.15) is 31.3 Å². The molecular weight excluding hydrogens is 422 g/mol. The zero-order valence-electron chi connectivity index (χ0n) is 17.2. The van der Waals surface area contributed by atoms with Crippen LogP contribution in [0, 0.1) is 5.41 Å². The number of hydrogen-bond acceptors (Lipinski definition) is 6. The van der Waals surface area contributed by atoms with Gasteiger partial charge in [-0.1, -0.05) is 30.3 Å². The van der Waals surface area contributed by atoms with Gasteiger partial charge in [-0.3, -0.25) is 15.1 Å². The van der Waals surface area contributed by atoms with Gasteiger partial charge in [0.05, 0.1) is 12.6 Å². The number of carbonyl (C=O) groups excluding carboxylic acids is 2. The van der Waals surface area contributed by atoms with Crippen molar-refractivity contribution in [1.82, 2.24) is 4.90 Å². The van der Waals surface area contributed by atoms with Crippen molar-refractivity contribution in [3.05, 3.63) is 65.2 Å². The highest BCUT2D eigenvalue weighted by molar-refractivity contribution is 5.95. The van der Waals surface area contributed by atoms with E-state index in [4.69, 9.17) is 25.4 Å². The molecule has 1 heterocycles. The zero-order valence-corrected chi connectivity index (χ0v) is 18.0. The quantitative estimate of drug-likeness (QED) is 0.347. The summed E-state index contributed by atoms with van der Waals surface area (Å²) in [5.74, 6) is 0.278. The van der Waals surface area contributed by atoms with E-state index in [1.54, 1.807) is 13.0 Å². The summed E-state index contributed by atoms with van der Waals surface area (Å²) in [6, 6.07) is 14.7. The molecular formula is C22H26ClN3O5. The molecule has 1 amide bonds. The average molecular weight is 448 g/mol. The summed E-state index contributed by atoms with van der Waals surface area (Å²) in [6.07, 6.45) is 0.0623. The number of amides is 1. The molecule has 8 nitrogen and oxygen atoms in total. The van der Waals surface area contributed by atoms with Crippen LogP contribution in [0.2, 0.25) is 0 Å². The van der Waals surface area contributed by atoms with Gasteiger partial charge >= 0.3 is 12.1 Å². The monoisotopic (exact) mass is 447 g/mol. The smallest absolute Gasteiger partial charge is 0.410 e. The first kappa shape index (κ1) is 24.0. The Morgan fingerprint density at radius 1 is 1.23 bits per heavy atom. The Balaban J connectivity index is 0.00000341. The number of nitrogens with zero attached hydrogens (tertiary/aromatic N) is 1. The molecule has 1 atom stereocenters. The van der Waals surface area contributed by atoms with E-state index in [0.717, 1.165) is 11.1 Å². The zero-order chi connectivity index (χ0) is 21.5. The maximum atomic E-state index is 11.9. The Labute approximate surface area is 187 Å². The van der Waals surface area contributed by atoms with Crippen LogP contribution in [0.1, 0.15) is 23.6 Å². The molecule has 1 fully saturated rings. The van der Waals surface area contributed by atoms with Crippen LogP contribution >= 0.6 is 12.4 Å². The van der Waals surface area contributed by atoms with Gasteiger partial charge in [-0.25, -0.2) is 4.79 Å². The molecule has 3 rings (SSSR count). The molecule has 1 aliphatic heterocycles. The van der Waals surface area contributed by atoms with Gasteiger partial charge in [0.15, 0.2) is 0 Å². The first-order valence-corrected chi connectivity index (χ1v) is 9.70. The van der Waals surface area contributed by atoms with Crippen molar-refractivity contribution in [2.45, 2.75) is 26.0 Å². The standard InChI is InChI=1S/C22H25N3O5.ClH/c1-2-28-20(26)12-25-18(14-30-22(25)27)11-15-6-8-19(9-7-15)29-13-16-4-3-5-17(10-16)21(23)24;/h3-10,18H,2,11-14H2,1H3,(H3,23,24);1H/t18-;/m1./s1. The number of carbonyl (C=O) groups is 2. The normalized spacial score (nSPS) is 15.1. The Morgan fingerprint density at radius 2 is 1.97 bits per heavy atom. The molecule has 0 radical (unpaired) electrons. The van der Waals surface area contributed by atoms with Crippen LogP contribution in [-0.4, -0.2) is 48.6 Å². The molecule has 0 aromatic heterocycles. The average Bonchev–Trinajstić information content (AvgIpc) is 3.07.